The molecule has 5 fully saturated rings. The van der Waals surface area contributed by atoms with E-state index in [1.54, 1.807) is 50.1 Å². The highest BCUT2D eigenvalue weighted by Crippen LogP contribution is 2.35. The van der Waals surface area contributed by atoms with E-state index in [2.05, 4.69) is 79.7 Å². The number of amides is 5. The van der Waals surface area contributed by atoms with Crippen LogP contribution in [0.25, 0.3) is 11.1 Å². The third-order valence-electron chi connectivity index (χ3n) is 26.6. The number of aromatic nitrogens is 7. The monoisotopic (exact) mass is 1830 g/mol. The van der Waals surface area contributed by atoms with Crippen molar-refractivity contribution in [1.29, 1.82) is 5.41 Å². The van der Waals surface area contributed by atoms with Crippen LogP contribution < -0.4 is 37.2 Å². The van der Waals surface area contributed by atoms with Gasteiger partial charge in [-0.1, -0.05) is 75.4 Å². The molecule has 4 saturated heterocycles. The van der Waals surface area contributed by atoms with Crippen LogP contribution in [0.1, 0.15) is 200 Å². The van der Waals surface area contributed by atoms with Gasteiger partial charge in [0.05, 0.1) is 68.0 Å². The highest BCUT2D eigenvalue weighted by atomic mass is 16.6. The number of nitrogens with two attached hydrogens (primary N) is 2. The van der Waals surface area contributed by atoms with Gasteiger partial charge >= 0.3 is 12.1 Å². The third-order valence-corrected chi connectivity index (χ3v) is 26.6. The number of piperazine rings is 2. The van der Waals surface area contributed by atoms with Gasteiger partial charge in [0.1, 0.15) is 53.6 Å². The maximum atomic E-state index is 14.5. The van der Waals surface area contributed by atoms with Crippen LogP contribution in [-0.2, 0) is 83.2 Å². The Morgan fingerprint density at radius 2 is 1.41 bits per heavy atom. The van der Waals surface area contributed by atoms with Gasteiger partial charge in [0.15, 0.2) is 5.58 Å². The largest absolute Gasteiger partial charge is 0.461 e. The Kier molecular flexibility index (Phi) is 36.4. The number of ketones is 2. The molecule has 716 valence electrons. The summed E-state index contributed by atoms with van der Waals surface area (Å²) >= 11 is 0. The van der Waals surface area contributed by atoms with E-state index in [1.807, 2.05) is 84.9 Å². The number of alkyl carbamates (subject to hydrolysis) is 1. The van der Waals surface area contributed by atoms with Crippen molar-refractivity contribution in [3.05, 3.63) is 154 Å². The first-order chi connectivity index (χ1) is 64.3. The van der Waals surface area contributed by atoms with Crippen LogP contribution in [0.15, 0.2) is 120 Å². The number of anilines is 5. The standard InChI is InChI=1S/C98H133N19O16/c1-63-13-8-7-9-14-65(3)84(127-6)53-77-15-12-17-83(130-77)89(122)93(124)117-34-11-10-16-79(117)94(125)131-75(25-18-64(2)50-67(5)81(119)54-80(118)66(4)49-63)26-20-68-21-27-76(28-22-68)132-98(126)102-33-47-128-45-31-85(120)103-56-70-57-105-96(106-58-70)115-42-40-113(41-43-115)86(121)32-46-129-48-44-112-36-38-114(39-37-112)97-107-59-74(60-108-97)92(123)116-35-30-71-51-69(19-23-73(71)61-116)55-104-91-87(90(100)109-62-110-91)88(99)72-24-29-82-78(52-72)111-95(101)133-82/h7-9,13-14,19,23-24,29,50-52,57-60,62-64,66,68,75-77,79,81,83-84,99,119H,10-12,15-18,20-22,25-28,30-49,53-56,61H2,1-6H3,(H2,101,111)(H,102,126)(H,103,120)(H3,100,104,109,110)/b9-7?,13-8+,65-14?,67-50+,99-88?/t63-,64+,66-,68?,75+,76?,77?,79+,81+,83?,84+/m1/s1. The number of aliphatic hydroxyl groups is 1. The molecule has 1 saturated carbocycles. The lowest BCUT2D eigenvalue weighted by molar-refractivity contribution is -0.167. The van der Waals surface area contributed by atoms with Crippen molar-refractivity contribution in [2.45, 2.75) is 225 Å². The summed E-state index contributed by atoms with van der Waals surface area (Å²) in [5.41, 5.74) is 20.2. The molecule has 9 atom stereocenters. The number of esters is 1. The van der Waals surface area contributed by atoms with Crippen molar-refractivity contribution in [3.63, 3.8) is 0 Å². The number of methoxy groups -OCH3 is 1. The molecule has 2 bridgehead atoms. The fraction of sp³-hybridized carbons (Fsp3) is 0.571. The number of fused-ring (bicyclic) bond motifs is 5. The molecular weight excluding hydrogens is 1700 g/mol. The lowest BCUT2D eigenvalue weighted by Crippen LogP contribution is -2.54. The number of cyclic esters (lactones) is 1. The highest BCUT2D eigenvalue weighted by molar-refractivity contribution is 6.38. The van der Waals surface area contributed by atoms with Gasteiger partial charge in [-0.05, 0) is 180 Å². The summed E-state index contributed by atoms with van der Waals surface area (Å²) < 4.78 is 41.6. The average Bonchev–Trinajstić information content (AvgIpc) is 1.73. The van der Waals surface area contributed by atoms with E-state index in [4.69, 9.17) is 49.7 Å². The zero-order valence-corrected chi connectivity index (χ0v) is 77.8. The highest BCUT2D eigenvalue weighted by Gasteiger charge is 2.42. The van der Waals surface area contributed by atoms with Crippen LogP contribution in [0.3, 0.4) is 0 Å². The first kappa shape index (κ1) is 99.0. The number of piperidine rings is 1. The fourth-order valence-electron chi connectivity index (χ4n) is 18.6. The Hall–Kier alpha value is -11.5. The number of nitrogen functional groups attached to an aromatic ring is 2. The molecule has 0 spiro atoms. The molecular formula is C98H133N19O16. The summed E-state index contributed by atoms with van der Waals surface area (Å²) in [5.74, 6) is -0.352. The van der Waals surface area contributed by atoms with Gasteiger partial charge in [-0.2, -0.15) is 4.98 Å². The summed E-state index contributed by atoms with van der Waals surface area (Å²) in [7, 11) is 1.65. The molecule has 133 heavy (non-hydrogen) atoms. The van der Waals surface area contributed by atoms with Crippen molar-refractivity contribution >= 4 is 93.6 Å². The molecule has 9 N–H and O–H groups in total. The molecule has 2 unspecified atom stereocenters. The van der Waals surface area contributed by atoms with Crippen LogP contribution in [0, 0.1) is 29.1 Å². The average molecular weight is 1830 g/mol. The Bertz CT molecular complexity index is 5080. The Balaban J connectivity index is 0.459. The number of hydrogen-bond donors (Lipinski definition) is 7. The topological polar surface area (TPSA) is 447 Å². The lowest BCUT2D eigenvalue weighted by Gasteiger charge is -2.36. The second-order valence-corrected chi connectivity index (χ2v) is 36.5. The number of nitrogens with zero attached hydrogens (tertiary/aromatic N) is 13. The van der Waals surface area contributed by atoms with Crippen LogP contribution in [0.2, 0.25) is 0 Å². The van der Waals surface area contributed by atoms with Gasteiger partial charge in [0.2, 0.25) is 29.5 Å². The molecule has 2 aromatic carbocycles. The molecule has 10 heterocycles. The zero-order valence-electron chi connectivity index (χ0n) is 77.8. The summed E-state index contributed by atoms with van der Waals surface area (Å²) in [6.07, 6.45) is 27.3. The van der Waals surface area contributed by atoms with Crippen molar-refractivity contribution in [2.24, 2.45) is 23.7 Å². The number of hydrogen-bond acceptors (Lipinski definition) is 30. The molecule has 5 amide bonds. The van der Waals surface area contributed by atoms with Gasteiger partial charge in [-0.15, -0.1) is 0 Å². The molecule has 6 aromatic rings. The Labute approximate surface area is 778 Å². The predicted octanol–water partition coefficient (Wildman–Crippen LogP) is 10.2. The SMILES string of the molecule is CO[C@H]1CC2CCCC(O2)C(=O)C(=O)N2CCCC[C@H]2C(=O)O[C@H](CCC2CCC(OC(=O)NCCOCCC(=O)NCc3cnc(N4CCN(C(=O)CCOCCN5CCN(c6ncc(C(=O)N7CCc8cc(CNc9ncnc(N)c9C(=N)c9ccc%10oc(N)nc%10c9)ccc8C7)cn6)CC5)CC4)nc3)CC2)CC[C@H](C)/C=C(\C)[C@@H](O)CC(=O)[C@H](C)C[C@H](C)/C=C/C=CC=C1C. The zero-order chi connectivity index (χ0) is 93.9. The van der Waals surface area contributed by atoms with E-state index >= 15 is 0 Å². The Morgan fingerprint density at radius 1 is 0.669 bits per heavy atom. The summed E-state index contributed by atoms with van der Waals surface area (Å²) in [5, 5.41) is 29.3. The molecule has 13 rings (SSSR count). The van der Waals surface area contributed by atoms with E-state index in [0.29, 0.717) is 207 Å². The van der Waals surface area contributed by atoms with Crippen molar-refractivity contribution in [1.82, 2.24) is 65.1 Å². The fourth-order valence-corrected chi connectivity index (χ4v) is 18.6. The minimum absolute atomic E-state index is 0.00240. The van der Waals surface area contributed by atoms with Gasteiger partial charge in [-0.25, -0.2) is 39.5 Å². The van der Waals surface area contributed by atoms with Gasteiger partial charge in [0, 0.05) is 166 Å². The van der Waals surface area contributed by atoms with Crippen LogP contribution in [-0.4, -0.2) is 267 Å². The van der Waals surface area contributed by atoms with Gasteiger partial charge in [-0.3, -0.25) is 39.1 Å². The molecule has 7 aliphatic rings. The molecule has 35 nitrogen and oxygen atoms in total. The molecule has 35 heteroatoms. The third kappa shape index (κ3) is 28.5. The van der Waals surface area contributed by atoms with E-state index < -0.39 is 48.1 Å². The number of carbonyl (C=O) groups is 8. The lowest BCUT2D eigenvalue weighted by atomic mass is 9.83. The second kappa shape index (κ2) is 48.9. The van der Waals surface area contributed by atoms with Crippen LogP contribution in [0.5, 0.6) is 0 Å². The van der Waals surface area contributed by atoms with E-state index in [-0.39, 0.29) is 135 Å². The maximum absolute atomic E-state index is 14.5. The normalized spacial score (nSPS) is 24.5. The number of aliphatic hydroxyl groups excluding tert-OH is 1. The predicted molar refractivity (Wildman–Crippen MR) is 502 cm³/mol. The summed E-state index contributed by atoms with van der Waals surface area (Å²) in [4.78, 5) is 152. The first-order valence-corrected chi connectivity index (χ1v) is 47.5. The minimum Gasteiger partial charge on any atom is -0.461 e. The van der Waals surface area contributed by atoms with E-state index in [0.717, 1.165) is 73.1 Å². The van der Waals surface area contributed by atoms with E-state index in [1.165, 1.54) is 11.2 Å². The number of carbonyl (C=O) groups excluding carboxylic acids is 8. The Morgan fingerprint density at radius 3 is 2.18 bits per heavy atom. The number of benzene rings is 2. The van der Waals surface area contributed by atoms with Crippen molar-refractivity contribution in [2.75, 3.05) is 139 Å². The number of oxazole rings is 1. The van der Waals surface area contributed by atoms with E-state index in [9.17, 15) is 43.5 Å². The van der Waals surface area contributed by atoms with Crippen molar-refractivity contribution in [3.8, 4) is 0 Å². The van der Waals surface area contributed by atoms with Crippen molar-refractivity contribution < 1.29 is 76.3 Å². The second-order valence-electron chi connectivity index (χ2n) is 36.5. The number of Topliss-reactive ketones (excluding diaryl/α,β-unsaturated/α-hetero) is 2. The smallest absolute Gasteiger partial charge is 0.407 e. The summed E-state index contributed by atoms with van der Waals surface area (Å²) in [6, 6.07) is 10.5. The number of nitrogens with one attached hydrogen (secondary N) is 4. The first-order valence-electron chi connectivity index (χ1n) is 47.5. The molecule has 6 aliphatic heterocycles. The number of ether oxygens (including phenoxy) is 6. The quantitative estimate of drug-likeness (QED) is 0.00828. The molecule has 1 aliphatic carbocycles. The minimum atomic E-state index is -0.934. The number of rotatable bonds is 27. The van der Waals surface area contributed by atoms with Gasteiger partial charge in [0.25, 0.3) is 17.8 Å². The van der Waals surface area contributed by atoms with Crippen LogP contribution in [0.4, 0.5) is 34.3 Å². The van der Waals surface area contributed by atoms with Gasteiger partial charge < -0.3 is 89.9 Å². The maximum Gasteiger partial charge on any atom is 0.407 e. The number of allylic oxidation sites excluding steroid dienone is 6. The summed E-state index contributed by atoms with van der Waals surface area (Å²) in [6.45, 7) is 19.0. The van der Waals surface area contributed by atoms with Crippen LogP contribution >= 0.6 is 0 Å². The molecule has 0 radical (unpaired) electrons. The molecule has 4 aromatic heterocycles.